The predicted molar refractivity (Wildman–Crippen MR) is 82.8 cm³/mol. The normalized spacial score (nSPS) is 27.0. The number of hydrogen-bond acceptors (Lipinski definition) is 2. The summed E-state index contributed by atoms with van der Waals surface area (Å²) >= 11 is 0. The lowest BCUT2D eigenvalue weighted by Gasteiger charge is -2.21. The van der Waals surface area contributed by atoms with Crippen LogP contribution in [0.15, 0.2) is 24.3 Å². The fraction of sp³-hybridized carbons (Fsp3) is 0.667. The van der Waals surface area contributed by atoms with Crippen LogP contribution in [0, 0.1) is 11.7 Å². The Labute approximate surface area is 127 Å². The zero-order valence-corrected chi connectivity index (χ0v) is 12.9. The maximum Gasteiger partial charge on any atom is 0.123 e. The Bertz CT molecular complexity index is 460. The van der Waals surface area contributed by atoms with Gasteiger partial charge in [0, 0.05) is 6.04 Å². The first-order valence-corrected chi connectivity index (χ1v) is 8.32. The Hall–Kier alpha value is -0.930. The van der Waals surface area contributed by atoms with Gasteiger partial charge in [-0.05, 0) is 75.6 Å². The van der Waals surface area contributed by atoms with Crippen LogP contribution in [0.5, 0.6) is 0 Å². The van der Waals surface area contributed by atoms with Crippen molar-refractivity contribution in [1.29, 1.82) is 0 Å². The highest BCUT2D eigenvalue weighted by atomic mass is 19.1. The molecule has 1 saturated carbocycles. The molecule has 0 spiro atoms. The molecular formula is C18H26FNO. The molecule has 3 heteroatoms. The number of rotatable bonds is 7. The van der Waals surface area contributed by atoms with Crippen molar-refractivity contribution in [3.05, 3.63) is 35.6 Å². The van der Waals surface area contributed by atoms with Crippen LogP contribution >= 0.6 is 0 Å². The third-order valence-corrected chi connectivity index (χ3v) is 4.60. The summed E-state index contributed by atoms with van der Waals surface area (Å²) in [5.41, 5.74) is 1.10. The molecule has 2 aliphatic rings. The van der Waals surface area contributed by atoms with Gasteiger partial charge in [-0.25, -0.2) is 4.39 Å². The van der Waals surface area contributed by atoms with E-state index in [1.165, 1.54) is 31.7 Å². The van der Waals surface area contributed by atoms with E-state index < -0.39 is 0 Å². The van der Waals surface area contributed by atoms with Gasteiger partial charge in [-0.1, -0.05) is 12.1 Å². The SMILES string of the molecule is CC1CCC(CC(CNC2CC2)Cc2cccc(F)c2)O1. The van der Waals surface area contributed by atoms with Crippen LogP contribution in [0.25, 0.3) is 0 Å². The van der Waals surface area contributed by atoms with Crippen LogP contribution in [-0.4, -0.2) is 24.8 Å². The predicted octanol–water partition coefficient (Wildman–Crippen LogP) is 3.69. The van der Waals surface area contributed by atoms with Crippen LogP contribution in [0.3, 0.4) is 0 Å². The Kier molecular flexibility index (Phi) is 4.91. The van der Waals surface area contributed by atoms with E-state index >= 15 is 0 Å². The first-order chi connectivity index (χ1) is 10.2. The fourth-order valence-electron chi connectivity index (χ4n) is 3.29. The van der Waals surface area contributed by atoms with Crippen molar-refractivity contribution in [2.75, 3.05) is 6.54 Å². The highest BCUT2D eigenvalue weighted by Gasteiger charge is 2.27. The summed E-state index contributed by atoms with van der Waals surface area (Å²) < 4.78 is 19.3. The summed E-state index contributed by atoms with van der Waals surface area (Å²) in [4.78, 5) is 0. The van der Waals surface area contributed by atoms with Crippen LogP contribution in [0.2, 0.25) is 0 Å². The van der Waals surface area contributed by atoms with Gasteiger partial charge in [-0.15, -0.1) is 0 Å². The van der Waals surface area contributed by atoms with Crippen molar-refractivity contribution in [3.8, 4) is 0 Å². The van der Waals surface area contributed by atoms with Crippen molar-refractivity contribution in [3.63, 3.8) is 0 Å². The van der Waals surface area contributed by atoms with Gasteiger partial charge in [-0.2, -0.15) is 0 Å². The summed E-state index contributed by atoms with van der Waals surface area (Å²) in [5.74, 6) is 0.398. The first-order valence-electron chi connectivity index (χ1n) is 8.32. The molecule has 0 amide bonds. The molecule has 0 bridgehead atoms. The quantitative estimate of drug-likeness (QED) is 0.827. The summed E-state index contributed by atoms with van der Waals surface area (Å²) in [6.45, 7) is 3.18. The zero-order valence-electron chi connectivity index (χ0n) is 12.9. The number of halogens is 1. The minimum atomic E-state index is -0.132. The van der Waals surface area contributed by atoms with Gasteiger partial charge in [0.25, 0.3) is 0 Å². The fourth-order valence-corrected chi connectivity index (χ4v) is 3.29. The average molecular weight is 291 g/mol. The molecule has 3 unspecified atom stereocenters. The first kappa shape index (κ1) is 15.0. The van der Waals surface area contributed by atoms with Crippen LogP contribution in [0.1, 0.15) is 44.6 Å². The van der Waals surface area contributed by atoms with E-state index in [4.69, 9.17) is 4.74 Å². The van der Waals surface area contributed by atoms with Crippen molar-refractivity contribution in [1.82, 2.24) is 5.32 Å². The average Bonchev–Trinajstić information content (AvgIpc) is 3.19. The molecule has 3 atom stereocenters. The van der Waals surface area contributed by atoms with Crippen LogP contribution in [0.4, 0.5) is 4.39 Å². The van der Waals surface area contributed by atoms with Gasteiger partial charge in [0.2, 0.25) is 0 Å². The van der Waals surface area contributed by atoms with E-state index in [2.05, 4.69) is 12.2 Å². The summed E-state index contributed by atoms with van der Waals surface area (Å²) in [6, 6.07) is 7.75. The van der Waals surface area contributed by atoms with Gasteiger partial charge in [0.05, 0.1) is 12.2 Å². The van der Waals surface area contributed by atoms with Crippen molar-refractivity contribution in [2.45, 2.75) is 63.7 Å². The lowest BCUT2D eigenvalue weighted by atomic mass is 9.92. The molecule has 0 radical (unpaired) electrons. The number of hydrogen-bond donors (Lipinski definition) is 1. The minimum Gasteiger partial charge on any atom is -0.375 e. The smallest absolute Gasteiger partial charge is 0.123 e. The molecule has 21 heavy (non-hydrogen) atoms. The second-order valence-electron chi connectivity index (χ2n) is 6.76. The van der Waals surface area contributed by atoms with E-state index in [9.17, 15) is 4.39 Å². The topological polar surface area (TPSA) is 21.3 Å². The lowest BCUT2D eigenvalue weighted by Crippen LogP contribution is -2.29. The maximum absolute atomic E-state index is 13.4. The molecule has 1 aromatic carbocycles. The molecule has 1 aliphatic carbocycles. The molecule has 2 nitrogen and oxygen atoms in total. The third-order valence-electron chi connectivity index (χ3n) is 4.60. The molecule has 3 rings (SSSR count). The highest BCUT2D eigenvalue weighted by molar-refractivity contribution is 5.17. The molecule has 1 saturated heterocycles. The number of benzene rings is 1. The van der Waals surface area contributed by atoms with E-state index in [1.807, 2.05) is 12.1 Å². The van der Waals surface area contributed by atoms with Gasteiger partial charge < -0.3 is 10.1 Å². The Morgan fingerprint density at radius 3 is 2.81 bits per heavy atom. The minimum absolute atomic E-state index is 0.132. The number of ether oxygens (including phenoxy) is 1. The van der Waals surface area contributed by atoms with Crippen molar-refractivity contribution < 1.29 is 9.13 Å². The van der Waals surface area contributed by atoms with Gasteiger partial charge in [-0.3, -0.25) is 0 Å². The Morgan fingerprint density at radius 1 is 1.29 bits per heavy atom. The standard InChI is InChI=1S/C18H26FNO/c1-13-5-8-18(21-13)11-15(12-20-17-6-7-17)9-14-3-2-4-16(19)10-14/h2-4,10,13,15,17-18,20H,5-9,11-12H2,1H3. The van der Waals surface area contributed by atoms with Crippen LogP contribution in [-0.2, 0) is 11.2 Å². The maximum atomic E-state index is 13.4. The summed E-state index contributed by atoms with van der Waals surface area (Å²) in [6.07, 6.45) is 7.78. The highest BCUT2D eigenvalue weighted by Crippen LogP contribution is 2.27. The molecule has 1 aromatic rings. The Morgan fingerprint density at radius 2 is 2.14 bits per heavy atom. The molecular weight excluding hydrogens is 265 g/mol. The molecule has 1 N–H and O–H groups in total. The second-order valence-corrected chi connectivity index (χ2v) is 6.76. The summed E-state index contributed by atoms with van der Waals surface area (Å²) in [7, 11) is 0. The third kappa shape index (κ3) is 4.79. The van der Waals surface area contributed by atoms with E-state index in [-0.39, 0.29) is 5.82 Å². The molecule has 2 fully saturated rings. The van der Waals surface area contributed by atoms with E-state index in [0.29, 0.717) is 18.1 Å². The largest absolute Gasteiger partial charge is 0.375 e. The lowest BCUT2D eigenvalue weighted by molar-refractivity contribution is 0.0407. The van der Waals surface area contributed by atoms with Crippen molar-refractivity contribution >= 4 is 0 Å². The van der Waals surface area contributed by atoms with Crippen molar-refractivity contribution in [2.24, 2.45) is 5.92 Å². The van der Waals surface area contributed by atoms with Gasteiger partial charge in [0.1, 0.15) is 5.82 Å². The second kappa shape index (κ2) is 6.89. The summed E-state index contributed by atoms with van der Waals surface area (Å²) in [5, 5.41) is 3.63. The van der Waals surface area contributed by atoms with E-state index in [1.54, 1.807) is 6.07 Å². The van der Waals surface area contributed by atoms with Gasteiger partial charge in [0.15, 0.2) is 0 Å². The monoisotopic (exact) mass is 291 g/mol. The van der Waals surface area contributed by atoms with E-state index in [0.717, 1.165) is 31.0 Å². The van der Waals surface area contributed by atoms with Gasteiger partial charge >= 0.3 is 0 Å². The Balaban J connectivity index is 1.57. The molecule has 0 aromatic heterocycles. The number of nitrogens with one attached hydrogen (secondary N) is 1. The molecule has 1 aliphatic heterocycles. The molecule has 1 heterocycles. The van der Waals surface area contributed by atoms with Crippen LogP contribution < -0.4 is 5.32 Å². The molecule has 116 valence electrons. The zero-order chi connectivity index (χ0) is 14.7.